The Kier molecular flexibility index (Phi) is 4.40. The lowest BCUT2D eigenvalue weighted by molar-refractivity contribution is 0.586. The van der Waals surface area contributed by atoms with Crippen molar-refractivity contribution in [3.63, 3.8) is 0 Å². The third kappa shape index (κ3) is 3.77. The monoisotopic (exact) mass is 316 g/mol. The summed E-state index contributed by atoms with van der Waals surface area (Å²) in [6.45, 7) is 0. The van der Waals surface area contributed by atoms with Gasteiger partial charge in [-0.15, -0.1) is 0 Å². The van der Waals surface area contributed by atoms with Crippen LogP contribution in [0, 0.1) is 11.6 Å². The molecule has 0 aliphatic carbocycles. The first-order chi connectivity index (χ1) is 9.37. The molecule has 0 atom stereocenters. The van der Waals surface area contributed by atoms with Crippen molar-refractivity contribution in [2.45, 2.75) is 11.5 Å². The van der Waals surface area contributed by atoms with Gasteiger partial charge in [0.25, 0.3) is 0 Å². The molecule has 0 unspecified atom stereocenters. The minimum absolute atomic E-state index is 0.0451. The SMILES string of the molecule is O=S(=O)(Cc1ccc(F)cc1)Cc1c(F)cccc1Cl. The first kappa shape index (κ1) is 14.9. The normalized spacial score (nSPS) is 11.6. The Morgan fingerprint density at radius 1 is 0.950 bits per heavy atom. The third-order valence-corrected chi connectivity index (χ3v) is 4.58. The van der Waals surface area contributed by atoms with Crippen LogP contribution in [0.1, 0.15) is 11.1 Å². The molecule has 0 amide bonds. The lowest BCUT2D eigenvalue weighted by Gasteiger charge is -2.07. The van der Waals surface area contributed by atoms with Crippen LogP contribution >= 0.6 is 11.6 Å². The largest absolute Gasteiger partial charge is 0.228 e. The summed E-state index contributed by atoms with van der Waals surface area (Å²) in [5, 5.41) is 0.0766. The summed E-state index contributed by atoms with van der Waals surface area (Å²) in [4.78, 5) is 0. The van der Waals surface area contributed by atoms with Gasteiger partial charge < -0.3 is 0 Å². The van der Waals surface area contributed by atoms with E-state index in [0.717, 1.165) is 6.07 Å². The molecule has 0 heterocycles. The van der Waals surface area contributed by atoms with Gasteiger partial charge in [-0.2, -0.15) is 0 Å². The number of sulfone groups is 1. The Morgan fingerprint density at radius 3 is 2.20 bits per heavy atom. The first-order valence-corrected chi connectivity index (χ1v) is 7.95. The second-order valence-electron chi connectivity index (χ2n) is 4.36. The summed E-state index contributed by atoms with van der Waals surface area (Å²) in [5.41, 5.74) is 0.398. The maximum absolute atomic E-state index is 13.6. The minimum atomic E-state index is -3.59. The summed E-state index contributed by atoms with van der Waals surface area (Å²) in [6, 6.07) is 9.14. The predicted octanol–water partition coefficient (Wildman–Crippen LogP) is 3.73. The molecule has 6 heteroatoms. The fourth-order valence-electron chi connectivity index (χ4n) is 1.78. The van der Waals surface area contributed by atoms with Gasteiger partial charge in [0.15, 0.2) is 9.84 Å². The van der Waals surface area contributed by atoms with Gasteiger partial charge in [-0.05, 0) is 29.8 Å². The van der Waals surface area contributed by atoms with E-state index in [9.17, 15) is 17.2 Å². The van der Waals surface area contributed by atoms with Gasteiger partial charge in [-0.3, -0.25) is 0 Å². The molecule has 0 N–H and O–H groups in total. The van der Waals surface area contributed by atoms with Crippen LogP contribution in [0.25, 0.3) is 0 Å². The van der Waals surface area contributed by atoms with E-state index in [1.807, 2.05) is 0 Å². The summed E-state index contributed by atoms with van der Waals surface area (Å²) in [7, 11) is -3.59. The quantitative estimate of drug-likeness (QED) is 0.861. The predicted molar refractivity (Wildman–Crippen MR) is 74.1 cm³/mol. The van der Waals surface area contributed by atoms with Crippen LogP contribution in [-0.2, 0) is 21.3 Å². The highest BCUT2D eigenvalue weighted by atomic mass is 35.5. The van der Waals surface area contributed by atoms with Crippen molar-refractivity contribution in [3.8, 4) is 0 Å². The molecule has 0 saturated carbocycles. The van der Waals surface area contributed by atoms with Gasteiger partial charge >= 0.3 is 0 Å². The fourth-order valence-corrected chi connectivity index (χ4v) is 3.62. The van der Waals surface area contributed by atoms with Crippen molar-refractivity contribution >= 4 is 21.4 Å². The highest BCUT2D eigenvalue weighted by Gasteiger charge is 2.18. The molecular weight excluding hydrogens is 306 g/mol. The lowest BCUT2D eigenvalue weighted by Crippen LogP contribution is -2.09. The molecule has 2 nitrogen and oxygen atoms in total. The number of hydrogen-bond donors (Lipinski definition) is 0. The van der Waals surface area contributed by atoms with E-state index in [4.69, 9.17) is 11.6 Å². The Hall–Kier alpha value is -1.46. The van der Waals surface area contributed by atoms with E-state index in [2.05, 4.69) is 0 Å². The van der Waals surface area contributed by atoms with Gasteiger partial charge in [-0.1, -0.05) is 29.8 Å². The molecule has 20 heavy (non-hydrogen) atoms. The van der Waals surface area contributed by atoms with Crippen LogP contribution in [0.5, 0.6) is 0 Å². The van der Waals surface area contributed by atoms with Crippen LogP contribution in [-0.4, -0.2) is 8.42 Å². The number of hydrogen-bond acceptors (Lipinski definition) is 2. The molecule has 2 aromatic carbocycles. The standard InChI is InChI=1S/C14H11ClF2O2S/c15-13-2-1-3-14(17)12(13)9-20(18,19)8-10-4-6-11(16)7-5-10/h1-7H,8-9H2. The van der Waals surface area contributed by atoms with Crippen LogP contribution < -0.4 is 0 Å². The van der Waals surface area contributed by atoms with Crippen molar-refractivity contribution in [1.29, 1.82) is 0 Å². The number of benzene rings is 2. The van der Waals surface area contributed by atoms with Crippen molar-refractivity contribution < 1.29 is 17.2 Å². The summed E-state index contributed by atoms with van der Waals surface area (Å²) in [6.07, 6.45) is 0. The molecule has 0 saturated heterocycles. The van der Waals surface area contributed by atoms with E-state index >= 15 is 0 Å². The fraction of sp³-hybridized carbons (Fsp3) is 0.143. The Labute approximate surface area is 120 Å². The molecule has 0 aromatic heterocycles. The van der Waals surface area contributed by atoms with Crippen LogP contribution in [0.4, 0.5) is 8.78 Å². The van der Waals surface area contributed by atoms with Gasteiger partial charge in [0.2, 0.25) is 0 Å². The maximum atomic E-state index is 13.6. The van der Waals surface area contributed by atoms with Gasteiger partial charge in [0.1, 0.15) is 11.6 Å². The highest BCUT2D eigenvalue weighted by Crippen LogP contribution is 2.23. The zero-order valence-corrected chi connectivity index (χ0v) is 11.9. The highest BCUT2D eigenvalue weighted by molar-refractivity contribution is 7.89. The minimum Gasteiger partial charge on any atom is -0.228 e. The molecule has 0 fully saturated rings. The van der Waals surface area contributed by atoms with Crippen LogP contribution in [0.2, 0.25) is 5.02 Å². The Morgan fingerprint density at radius 2 is 1.60 bits per heavy atom. The Bertz CT molecular complexity index is 692. The lowest BCUT2D eigenvalue weighted by atomic mass is 10.2. The van der Waals surface area contributed by atoms with Gasteiger partial charge in [-0.25, -0.2) is 17.2 Å². The van der Waals surface area contributed by atoms with E-state index in [1.54, 1.807) is 0 Å². The molecule has 0 spiro atoms. The van der Waals surface area contributed by atoms with E-state index in [0.29, 0.717) is 5.56 Å². The van der Waals surface area contributed by atoms with E-state index in [1.165, 1.54) is 36.4 Å². The summed E-state index contributed by atoms with van der Waals surface area (Å²) < 4.78 is 50.4. The van der Waals surface area contributed by atoms with Crippen molar-refractivity contribution in [2.24, 2.45) is 0 Å². The average Bonchev–Trinajstić information content (AvgIpc) is 2.37. The summed E-state index contributed by atoms with van der Waals surface area (Å²) >= 11 is 5.81. The second kappa shape index (κ2) is 5.89. The molecule has 2 aromatic rings. The zero-order chi connectivity index (χ0) is 14.8. The zero-order valence-electron chi connectivity index (χ0n) is 10.3. The van der Waals surface area contributed by atoms with E-state index in [-0.39, 0.29) is 16.3 Å². The van der Waals surface area contributed by atoms with Crippen molar-refractivity contribution in [1.82, 2.24) is 0 Å². The molecule has 0 aliphatic heterocycles. The number of rotatable bonds is 4. The topological polar surface area (TPSA) is 34.1 Å². The third-order valence-electron chi connectivity index (χ3n) is 2.73. The molecule has 0 bridgehead atoms. The maximum Gasteiger partial charge on any atom is 0.158 e. The second-order valence-corrected chi connectivity index (χ2v) is 6.83. The smallest absolute Gasteiger partial charge is 0.158 e. The van der Waals surface area contributed by atoms with Gasteiger partial charge in [0.05, 0.1) is 11.5 Å². The van der Waals surface area contributed by atoms with Crippen LogP contribution in [0.15, 0.2) is 42.5 Å². The van der Waals surface area contributed by atoms with Crippen LogP contribution in [0.3, 0.4) is 0 Å². The van der Waals surface area contributed by atoms with Gasteiger partial charge in [0, 0.05) is 10.6 Å². The molecule has 2 rings (SSSR count). The molecule has 0 radical (unpaired) electrons. The van der Waals surface area contributed by atoms with Crippen molar-refractivity contribution in [2.75, 3.05) is 0 Å². The van der Waals surface area contributed by atoms with E-state index < -0.39 is 27.2 Å². The Balaban J connectivity index is 2.21. The summed E-state index contributed by atoms with van der Waals surface area (Å²) in [5.74, 6) is -1.88. The average molecular weight is 317 g/mol. The number of halogens is 3. The molecule has 0 aliphatic rings. The molecule has 106 valence electrons. The van der Waals surface area contributed by atoms with Crippen molar-refractivity contribution in [3.05, 3.63) is 70.2 Å². The molecular formula is C14H11ClF2O2S. The first-order valence-electron chi connectivity index (χ1n) is 5.75.